The highest BCUT2D eigenvalue weighted by atomic mass is 35.5. The third kappa shape index (κ3) is 1.68. The molecule has 0 atom stereocenters. The number of nitrogens with zero attached hydrogens (tertiary/aromatic N) is 3. The molecule has 3 rings (SSSR count). The first-order valence-corrected chi connectivity index (χ1v) is 5.69. The molecule has 84 valence electrons. The normalized spacial score (nSPS) is 10.9. The van der Waals surface area contributed by atoms with Crippen LogP contribution in [0.5, 0.6) is 0 Å². The van der Waals surface area contributed by atoms with Crippen molar-refractivity contribution in [2.45, 2.75) is 6.92 Å². The van der Waals surface area contributed by atoms with Crippen LogP contribution >= 0.6 is 11.6 Å². The molecule has 3 nitrogen and oxygen atoms in total. The Morgan fingerprint density at radius 2 is 2.12 bits per heavy atom. The van der Waals surface area contributed by atoms with E-state index in [0.717, 1.165) is 22.6 Å². The SMILES string of the molecule is Cc1nc2ccccn2c1-c1ccnc(Cl)c1. The van der Waals surface area contributed by atoms with E-state index in [2.05, 4.69) is 14.4 Å². The van der Waals surface area contributed by atoms with Gasteiger partial charge in [0.25, 0.3) is 0 Å². The summed E-state index contributed by atoms with van der Waals surface area (Å²) in [5.74, 6) is 0. The summed E-state index contributed by atoms with van der Waals surface area (Å²) in [6.45, 7) is 2.00. The summed E-state index contributed by atoms with van der Waals surface area (Å²) in [5.41, 5.74) is 4.01. The standard InChI is InChI=1S/C13H10ClN3/c1-9-13(10-5-6-15-11(14)8-10)17-7-3-2-4-12(17)16-9/h2-8H,1H3. The molecule has 0 bridgehead atoms. The van der Waals surface area contributed by atoms with Crippen molar-refractivity contribution in [2.24, 2.45) is 0 Å². The van der Waals surface area contributed by atoms with Gasteiger partial charge in [0, 0.05) is 18.0 Å². The van der Waals surface area contributed by atoms with Crippen molar-refractivity contribution in [1.82, 2.24) is 14.4 Å². The zero-order valence-electron chi connectivity index (χ0n) is 9.26. The quantitative estimate of drug-likeness (QED) is 0.614. The lowest BCUT2D eigenvalue weighted by molar-refractivity contribution is 1.18. The minimum absolute atomic E-state index is 0.493. The molecule has 3 aromatic heterocycles. The fraction of sp³-hybridized carbons (Fsp3) is 0.0769. The van der Waals surface area contributed by atoms with Gasteiger partial charge >= 0.3 is 0 Å². The van der Waals surface area contributed by atoms with Gasteiger partial charge in [0.1, 0.15) is 10.8 Å². The minimum atomic E-state index is 0.493. The smallest absolute Gasteiger partial charge is 0.137 e. The van der Waals surface area contributed by atoms with E-state index in [4.69, 9.17) is 11.6 Å². The van der Waals surface area contributed by atoms with Gasteiger partial charge in [-0.2, -0.15) is 0 Å². The molecule has 0 spiro atoms. The molecule has 0 amide bonds. The molecule has 0 saturated carbocycles. The molecule has 3 heterocycles. The fourth-order valence-electron chi connectivity index (χ4n) is 2.01. The van der Waals surface area contributed by atoms with E-state index in [0.29, 0.717) is 5.15 Å². The second kappa shape index (κ2) is 3.86. The summed E-state index contributed by atoms with van der Waals surface area (Å²) in [6, 6.07) is 9.74. The maximum Gasteiger partial charge on any atom is 0.137 e. The third-order valence-electron chi connectivity index (χ3n) is 2.70. The number of rotatable bonds is 1. The monoisotopic (exact) mass is 243 g/mol. The van der Waals surface area contributed by atoms with E-state index in [-0.39, 0.29) is 0 Å². The average molecular weight is 244 g/mol. The van der Waals surface area contributed by atoms with Gasteiger partial charge in [-0.1, -0.05) is 17.7 Å². The highest BCUT2D eigenvalue weighted by molar-refractivity contribution is 6.29. The van der Waals surface area contributed by atoms with Crippen LogP contribution in [-0.2, 0) is 0 Å². The van der Waals surface area contributed by atoms with E-state index in [1.807, 2.05) is 43.5 Å². The molecule has 0 aliphatic heterocycles. The zero-order chi connectivity index (χ0) is 11.8. The Balaban J connectivity index is 2.33. The average Bonchev–Trinajstić information content (AvgIpc) is 2.64. The molecule has 0 aliphatic rings. The zero-order valence-corrected chi connectivity index (χ0v) is 10.0. The van der Waals surface area contributed by atoms with Crippen molar-refractivity contribution in [3.63, 3.8) is 0 Å². The van der Waals surface area contributed by atoms with Crippen LogP contribution < -0.4 is 0 Å². The van der Waals surface area contributed by atoms with Gasteiger partial charge < -0.3 is 0 Å². The first-order chi connectivity index (χ1) is 8.25. The molecule has 0 radical (unpaired) electrons. The Labute approximate surface area is 104 Å². The van der Waals surface area contributed by atoms with Gasteiger partial charge in [-0.25, -0.2) is 9.97 Å². The lowest BCUT2D eigenvalue weighted by atomic mass is 10.1. The molecule has 0 N–H and O–H groups in total. The Morgan fingerprint density at radius 3 is 2.94 bits per heavy atom. The maximum atomic E-state index is 5.92. The fourth-order valence-corrected chi connectivity index (χ4v) is 2.18. The van der Waals surface area contributed by atoms with Gasteiger partial charge in [-0.15, -0.1) is 0 Å². The molecule has 0 saturated heterocycles. The van der Waals surface area contributed by atoms with Gasteiger partial charge in [0.05, 0.1) is 11.4 Å². The summed E-state index contributed by atoms with van der Waals surface area (Å²) in [5, 5.41) is 0.493. The van der Waals surface area contributed by atoms with Crippen LogP contribution in [0.15, 0.2) is 42.7 Å². The van der Waals surface area contributed by atoms with Gasteiger partial charge in [-0.3, -0.25) is 4.40 Å². The number of fused-ring (bicyclic) bond motifs is 1. The second-order valence-electron chi connectivity index (χ2n) is 3.84. The first-order valence-electron chi connectivity index (χ1n) is 5.31. The number of aromatic nitrogens is 3. The van der Waals surface area contributed by atoms with Crippen LogP contribution in [-0.4, -0.2) is 14.4 Å². The Kier molecular flexibility index (Phi) is 2.34. The molecule has 0 fully saturated rings. The Bertz CT molecular complexity index is 688. The van der Waals surface area contributed by atoms with Crippen LogP contribution in [0, 0.1) is 6.92 Å². The number of halogens is 1. The summed E-state index contributed by atoms with van der Waals surface area (Å²) >= 11 is 5.92. The van der Waals surface area contributed by atoms with Gasteiger partial charge in [0.2, 0.25) is 0 Å². The van der Waals surface area contributed by atoms with Crippen molar-refractivity contribution in [3.05, 3.63) is 53.6 Å². The largest absolute Gasteiger partial charge is 0.299 e. The van der Waals surface area contributed by atoms with Crippen molar-refractivity contribution in [3.8, 4) is 11.3 Å². The van der Waals surface area contributed by atoms with Crippen molar-refractivity contribution in [1.29, 1.82) is 0 Å². The van der Waals surface area contributed by atoms with E-state index in [1.165, 1.54) is 0 Å². The molecule has 17 heavy (non-hydrogen) atoms. The molecule has 0 aromatic carbocycles. The number of hydrogen-bond donors (Lipinski definition) is 0. The predicted octanol–water partition coefficient (Wildman–Crippen LogP) is 3.36. The number of pyridine rings is 2. The topological polar surface area (TPSA) is 30.2 Å². The number of hydrogen-bond acceptors (Lipinski definition) is 2. The van der Waals surface area contributed by atoms with Crippen LogP contribution in [0.25, 0.3) is 16.9 Å². The Hall–Kier alpha value is -1.87. The number of aryl methyl sites for hydroxylation is 1. The molecule has 4 heteroatoms. The highest BCUT2D eigenvalue weighted by Crippen LogP contribution is 2.25. The van der Waals surface area contributed by atoms with Crippen LogP contribution in [0.2, 0.25) is 5.15 Å². The lowest BCUT2D eigenvalue weighted by Gasteiger charge is -2.03. The van der Waals surface area contributed by atoms with E-state index in [9.17, 15) is 0 Å². The third-order valence-corrected chi connectivity index (χ3v) is 2.91. The van der Waals surface area contributed by atoms with Crippen molar-refractivity contribution >= 4 is 17.2 Å². The minimum Gasteiger partial charge on any atom is -0.299 e. The molecular formula is C13H10ClN3. The van der Waals surface area contributed by atoms with Crippen LogP contribution in [0.4, 0.5) is 0 Å². The van der Waals surface area contributed by atoms with Gasteiger partial charge in [-0.05, 0) is 31.2 Å². The summed E-state index contributed by atoms with van der Waals surface area (Å²) < 4.78 is 2.06. The molecular weight excluding hydrogens is 234 g/mol. The predicted molar refractivity (Wildman–Crippen MR) is 68.2 cm³/mol. The van der Waals surface area contributed by atoms with Gasteiger partial charge in [0.15, 0.2) is 0 Å². The van der Waals surface area contributed by atoms with Crippen molar-refractivity contribution < 1.29 is 0 Å². The lowest BCUT2D eigenvalue weighted by Crippen LogP contribution is -1.89. The Morgan fingerprint density at radius 1 is 1.24 bits per heavy atom. The first kappa shape index (κ1) is 10.3. The number of imidazole rings is 1. The summed E-state index contributed by atoms with van der Waals surface area (Å²) in [4.78, 5) is 8.51. The van der Waals surface area contributed by atoms with Crippen LogP contribution in [0.1, 0.15) is 5.69 Å². The van der Waals surface area contributed by atoms with E-state index in [1.54, 1.807) is 6.20 Å². The van der Waals surface area contributed by atoms with Crippen molar-refractivity contribution in [2.75, 3.05) is 0 Å². The van der Waals surface area contributed by atoms with E-state index < -0.39 is 0 Å². The van der Waals surface area contributed by atoms with E-state index >= 15 is 0 Å². The summed E-state index contributed by atoms with van der Waals surface area (Å²) in [7, 11) is 0. The molecule has 3 aromatic rings. The van der Waals surface area contributed by atoms with Crippen LogP contribution in [0.3, 0.4) is 0 Å². The molecule has 0 unspecified atom stereocenters. The summed E-state index contributed by atoms with van der Waals surface area (Å²) in [6.07, 6.45) is 3.71. The highest BCUT2D eigenvalue weighted by Gasteiger charge is 2.10. The molecule has 0 aliphatic carbocycles. The second-order valence-corrected chi connectivity index (χ2v) is 4.23. The maximum absolute atomic E-state index is 5.92.